The summed E-state index contributed by atoms with van der Waals surface area (Å²) in [5, 5.41) is 7.68. The molecule has 9 heteroatoms. The Morgan fingerprint density at radius 2 is 1.83 bits per heavy atom. The zero-order chi connectivity index (χ0) is 21.4. The summed E-state index contributed by atoms with van der Waals surface area (Å²) in [6.07, 6.45) is 0. The summed E-state index contributed by atoms with van der Waals surface area (Å²) >= 11 is 5.68. The Morgan fingerprint density at radius 3 is 2.48 bits per heavy atom. The Bertz CT molecular complexity index is 1030. The summed E-state index contributed by atoms with van der Waals surface area (Å²) in [5.41, 5.74) is 1.80. The van der Waals surface area contributed by atoms with Crippen molar-refractivity contribution in [2.45, 2.75) is 37.8 Å². The van der Waals surface area contributed by atoms with Gasteiger partial charge in [-0.15, -0.1) is 10.2 Å². The predicted molar refractivity (Wildman–Crippen MR) is 103 cm³/mol. The average molecular weight is 423 g/mol. The largest absolute Gasteiger partial charge is 0.385 e. The molecule has 1 aromatic heterocycles. The standard InChI is InChI=1S/C20H18ClF3N4O/c1-18(2)20(23,24)19(3,26-17(25)11-29-18)14-10-12(5-8-15(14)22)4-6-13-7-9-16(21)28-27-13/h5,7-10H,11H2,1-3H3,(H2,25,26). The minimum Gasteiger partial charge on any atom is -0.385 e. The first-order valence-electron chi connectivity index (χ1n) is 8.63. The molecule has 0 amide bonds. The molecule has 1 aliphatic rings. The summed E-state index contributed by atoms with van der Waals surface area (Å²) < 4.78 is 50.8. The van der Waals surface area contributed by atoms with Crippen LogP contribution < -0.4 is 5.73 Å². The Labute approximate surface area is 171 Å². The molecule has 0 bridgehead atoms. The van der Waals surface area contributed by atoms with E-state index in [9.17, 15) is 4.39 Å². The van der Waals surface area contributed by atoms with Crippen molar-refractivity contribution in [3.05, 3.63) is 58.1 Å². The van der Waals surface area contributed by atoms with Crippen LogP contribution in [0.5, 0.6) is 0 Å². The van der Waals surface area contributed by atoms with Crippen LogP contribution in [-0.4, -0.2) is 34.2 Å². The van der Waals surface area contributed by atoms with Gasteiger partial charge in [-0.1, -0.05) is 17.5 Å². The van der Waals surface area contributed by atoms with Crippen molar-refractivity contribution in [2.75, 3.05) is 6.61 Å². The quantitative estimate of drug-likeness (QED) is 0.711. The summed E-state index contributed by atoms with van der Waals surface area (Å²) in [6.45, 7) is 3.30. The zero-order valence-corrected chi connectivity index (χ0v) is 16.7. The Kier molecular flexibility index (Phi) is 5.32. The number of halogens is 4. The maximum Gasteiger partial charge on any atom is 0.304 e. The zero-order valence-electron chi connectivity index (χ0n) is 15.9. The average Bonchev–Trinajstić information content (AvgIpc) is 2.71. The van der Waals surface area contributed by atoms with E-state index in [4.69, 9.17) is 22.1 Å². The second-order valence-corrected chi connectivity index (χ2v) is 7.62. The first kappa shape index (κ1) is 21.1. The van der Waals surface area contributed by atoms with Crippen LogP contribution in [0.1, 0.15) is 37.6 Å². The Morgan fingerprint density at radius 1 is 1.10 bits per heavy atom. The van der Waals surface area contributed by atoms with Crippen LogP contribution in [0.25, 0.3) is 0 Å². The molecule has 0 aliphatic carbocycles. The Balaban J connectivity index is 2.11. The molecule has 0 fully saturated rings. The predicted octanol–water partition coefficient (Wildman–Crippen LogP) is 3.69. The van der Waals surface area contributed by atoms with Gasteiger partial charge in [0.25, 0.3) is 0 Å². The van der Waals surface area contributed by atoms with E-state index in [1.165, 1.54) is 32.0 Å². The molecule has 152 valence electrons. The lowest BCUT2D eigenvalue weighted by atomic mass is 9.77. The van der Waals surface area contributed by atoms with Crippen molar-refractivity contribution < 1.29 is 17.9 Å². The molecule has 2 aromatic rings. The lowest BCUT2D eigenvalue weighted by Gasteiger charge is -2.41. The smallest absolute Gasteiger partial charge is 0.304 e. The minimum atomic E-state index is -3.57. The van der Waals surface area contributed by atoms with Crippen LogP contribution in [-0.2, 0) is 10.3 Å². The number of nitrogens with two attached hydrogens (primary N) is 1. The van der Waals surface area contributed by atoms with Crippen LogP contribution in [0.2, 0.25) is 5.15 Å². The van der Waals surface area contributed by atoms with Gasteiger partial charge in [-0.2, -0.15) is 0 Å². The second kappa shape index (κ2) is 7.32. The fourth-order valence-corrected chi connectivity index (χ4v) is 3.15. The van der Waals surface area contributed by atoms with Gasteiger partial charge in [0.1, 0.15) is 29.6 Å². The van der Waals surface area contributed by atoms with Gasteiger partial charge in [-0.3, -0.25) is 4.99 Å². The van der Waals surface area contributed by atoms with E-state index in [-0.39, 0.29) is 23.2 Å². The van der Waals surface area contributed by atoms with Crippen LogP contribution >= 0.6 is 11.6 Å². The number of aliphatic imine (C=N–C) groups is 1. The van der Waals surface area contributed by atoms with Gasteiger partial charge >= 0.3 is 5.92 Å². The van der Waals surface area contributed by atoms with E-state index < -0.39 is 22.9 Å². The summed E-state index contributed by atoms with van der Waals surface area (Å²) in [6, 6.07) is 6.75. The molecule has 0 spiro atoms. The molecule has 0 radical (unpaired) electrons. The fourth-order valence-electron chi connectivity index (χ4n) is 3.05. The third-order valence-corrected chi connectivity index (χ3v) is 4.97. The maximum atomic E-state index is 15.4. The van der Waals surface area contributed by atoms with Crippen LogP contribution in [0, 0.1) is 17.7 Å². The number of hydrogen-bond donors (Lipinski definition) is 1. The molecular weight excluding hydrogens is 405 g/mol. The fraction of sp³-hybridized carbons (Fsp3) is 0.350. The first-order valence-corrected chi connectivity index (χ1v) is 9.01. The highest BCUT2D eigenvalue weighted by Gasteiger charge is 2.63. The maximum absolute atomic E-state index is 15.4. The number of aromatic nitrogens is 2. The van der Waals surface area contributed by atoms with E-state index in [1.807, 2.05) is 0 Å². The highest BCUT2D eigenvalue weighted by molar-refractivity contribution is 6.29. The summed E-state index contributed by atoms with van der Waals surface area (Å²) in [7, 11) is 0. The van der Waals surface area contributed by atoms with Crippen molar-refractivity contribution in [2.24, 2.45) is 10.7 Å². The highest BCUT2D eigenvalue weighted by atomic mass is 35.5. The van der Waals surface area contributed by atoms with E-state index in [0.29, 0.717) is 11.3 Å². The number of benzene rings is 1. The molecule has 5 nitrogen and oxygen atoms in total. The molecule has 0 saturated heterocycles. The van der Waals surface area contributed by atoms with Gasteiger partial charge in [0.05, 0.1) is 0 Å². The lowest BCUT2D eigenvalue weighted by Crippen LogP contribution is -2.56. The van der Waals surface area contributed by atoms with Gasteiger partial charge in [-0.05, 0) is 57.0 Å². The van der Waals surface area contributed by atoms with E-state index >= 15 is 8.78 Å². The topological polar surface area (TPSA) is 73.4 Å². The molecular formula is C20H18ClF3N4O. The van der Waals surface area contributed by atoms with Crippen LogP contribution in [0.4, 0.5) is 13.2 Å². The van der Waals surface area contributed by atoms with Crippen molar-refractivity contribution in [3.8, 4) is 11.8 Å². The summed E-state index contributed by atoms with van der Waals surface area (Å²) in [4.78, 5) is 3.95. The van der Waals surface area contributed by atoms with E-state index in [2.05, 4.69) is 27.0 Å². The number of amidine groups is 1. The van der Waals surface area contributed by atoms with Gasteiger partial charge < -0.3 is 10.5 Å². The van der Waals surface area contributed by atoms with Crippen molar-refractivity contribution in [1.29, 1.82) is 0 Å². The molecule has 1 aromatic carbocycles. The highest BCUT2D eigenvalue weighted by Crippen LogP contribution is 2.50. The third kappa shape index (κ3) is 3.80. The second-order valence-electron chi connectivity index (χ2n) is 7.23. The normalized spacial score (nSPS) is 22.8. The number of rotatable bonds is 1. The van der Waals surface area contributed by atoms with E-state index in [1.54, 1.807) is 6.07 Å². The number of nitrogens with zero attached hydrogens (tertiary/aromatic N) is 3. The SMILES string of the molecule is CC1(C)OCC(N)=NC(C)(c2cc(C#Cc3ccc(Cl)nn3)ccc2F)C1(F)F. The molecule has 29 heavy (non-hydrogen) atoms. The van der Waals surface area contributed by atoms with Crippen LogP contribution in [0.3, 0.4) is 0 Å². The number of hydrogen-bond acceptors (Lipinski definition) is 5. The van der Waals surface area contributed by atoms with Gasteiger partial charge in [-0.25, -0.2) is 13.2 Å². The molecule has 0 saturated carbocycles. The molecule has 1 unspecified atom stereocenters. The first-order chi connectivity index (χ1) is 13.5. The van der Waals surface area contributed by atoms with E-state index in [0.717, 1.165) is 13.0 Å². The van der Waals surface area contributed by atoms with Crippen LogP contribution in [0.15, 0.2) is 35.3 Å². The van der Waals surface area contributed by atoms with Crippen molar-refractivity contribution in [3.63, 3.8) is 0 Å². The van der Waals surface area contributed by atoms with Crippen molar-refractivity contribution in [1.82, 2.24) is 10.2 Å². The summed E-state index contributed by atoms with van der Waals surface area (Å²) in [5.74, 6) is 0.921. The monoisotopic (exact) mass is 422 g/mol. The van der Waals surface area contributed by atoms with Gasteiger partial charge in [0.15, 0.2) is 10.7 Å². The third-order valence-electron chi connectivity index (χ3n) is 4.77. The molecule has 1 aliphatic heterocycles. The van der Waals surface area contributed by atoms with Gasteiger partial charge in [0.2, 0.25) is 0 Å². The number of ether oxygens (including phenoxy) is 1. The molecule has 2 N–H and O–H groups in total. The molecule has 3 rings (SSSR count). The molecule has 2 heterocycles. The Hall–Kier alpha value is -2.63. The molecule has 1 atom stereocenters. The van der Waals surface area contributed by atoms with Gasteiger partial charge in [0, 0.05) is 11.1 Å². The number of alkyl halides is 2. The van der Waals surface area contributed by atoms with Crippen molar-refractivity contribution >= 4 is 17.4 Å². The minimum absolute atomic E-state index is 0.148. The lowest BCUT2D eigenvalue weighted by molar-refractivity contribution is -0.214.